The van der Waals surface area contributed by atoms with E-state index in [-0.39, 0.29) is 0 Å². The fraction of sp³-hybridized carbons (Fsp3) is 0.750. The first-order valence-electron chi connectivity index (χ1n) is 4.26. The molecule has 0 saturated carbocycles. The minimum atomic E-state index is -3.37. The monoisotopic (exact) mass is 207 g/mol. The second-order valence-electron chi connectivity index (χ2n) is 2.80. The van der Waals surface area contributed by atoms with Gasteiger partial charge in [0.25, 0.3) is 0 Å². The van der Waals surface area contributed by atoms with Crippen LogP contribution in [0.5, 0.6) is 0 Å². The van der Waals surface area contributed by atoms with Crippen LogP contribution >= 0.6 is 0 Å². The highest BCUT2D eigenvalue weighted by atomic mass is 32.2. The number of nitrogens with two attached hydrogens (primary N) is 1. The van der Waals surface area contributed by atoms with Crippen molar-refractivity contribution in [2.45, 2.75) is 31.9 Å². The van der Waals surface area contributed by atoms with Crippen LogP contribution in [-0.4, -0.2) is 20.3 Å². The summed E-state index contributed by atoms with van der Waals surface area (Å²) in [6, 6.07) is 0. The van der Waals surface area contributed by atoms with E-state index >= 15 is 0 Å². The van der Waals surface area contributed by atoms with Crippen molar-refractivity contribution in [3.63, 3.8) is 0 Å². The Labute approximate surface area is 79.8 Å². The van der Waals surface area contributed by atoms with Crippen molar-refractivity contribution in [1.82, 2.24) is 0 Å². The molecule has 0 rings (SSSR count). The molecule has 0 spiro atoms. The highest BCUT2D eigenvalue weighted by Crippen LogP contribution is 2.04. The quantitative estimate of drug-likeness (QED) is 0.660. The predicted molar refractivity (Wildman–Crippen MR) is 52.6 cm³/mol. The zero-order valence-corrected chi connectivity index (χ0v) is 8.88. The van der Waals surface area contributed by atoms with Gasteiger partial charge in [0.15, 0.2) is 0 Å². The molecule has 4 nitrogen and oxygen atoms in total. The molecule has 0 heterocycles. The normalized spacial score (nSPS) is 14.7. The molecular formula is C8H17NO3S. The second-order valence-corrected chi connectivity index (χ2v) is 4.79. The van der Waals surface area contributed by atoms with E-state index < -0.39 is 15.3 Å². The Hall–Kier alpha value is -0.550. The topological polar surface area (TPSA) is 69.4 Å². The van der Waals surface area contributed by atoms with Crippen LogP contribution in [-0.2, 0) is 14.8 Å². The summed E-state index contributed by atoms with van der Waals surface area (Å²) in [6.07, 6.45) is 4.57. The van der Waals surface area contributed by atoms with Crippen LogP contribution in [0.15, 0.2) is 12.3 Å². The van der Waals surface area contributed by atoms with Crippen molar-refractivity contribution in [3.05, 3.63) is 12.3 Å². The first-order valence-corrected chi connectivity index (χ1v) is 5.87. The van der Waals surface area contributed by atoms with E-state index in [0.717, 1.165) is 0 Å². The number of rotatable bonds is 6. The SMILES string of the molecule is CCOC=CCC[C@@H](C)S(N)(=O)=O. The Bertz CT molecular complexity index is 246. The fourth-order valence-corrected chi connectivity index (χ4v) is 1.19. The summed E-state index contributed by atoms with van der Waals surface area (Å²) in [6.45, 7) is 4.11. The lowest BCUT2D eigenvalue weighted by Crippen LogP contribution is -2.25. The molecule has 0 amide bonds. The van der Waals surface area contributed by atoms with E-state index in [1.54, 1.807) is 19.3 Å². The summed E-state index contributed by atoms with van der Waals surface area (Å²) in [7, 11) is -3.37. The zero-order valence-electron chi connectivity index (χ0n) is 8.06. The van der Waals surface area contributed by atoms with Gasteiger partial charge >= 0.3 is 0 Å². The average molecular weight is 207 g/mol. The first-order chi connectivity index (χ1) is 5.98. The minimum absolute atomic E-state index is 0.487. The third kappa shape index (κ3) is 6.60. The van der Waals surface area contributed by atoms with E-state index in [4.69, 9.17) is 9.88 Å². The molecule has 0 fully saturated rings. The van der Waals surface area contributed by atoms with Crippen LogP contribution in [0.1, 0.15) is 26.7 Å². The van der Waals surface area contributed by atoms with E-state index in [2.05, 4.69) is 0 Å². The van der Waals surface area contributed by atoms with E-state index in [9.17, 15) is 8.42 Å². The lowest BCUT2D eigenvalue weighted by molar-refractivity contribution is 0.268. The van der Waals surface area contributed by atoms with Crippen molar-refractivity contribution in [3.8, 4) is 0 Å². The molecule has 0 aliphatic heterocycles. The van der Waals surface area contributed by atoms with Crippen LogP contribution in [0.3, 0.4) is 0 Å². The molecule has 0 aromatic heterocycles. The zero-order chi connectivity index (χ0) is 10.3. The van der Waals surface area contributed by atoms with Crippen molar-refractivity contribution in [2.75, 3.05) is 6.61 Å². The number of hydrogen-bond donors (Lipinski definition) is 1. The standard InChI is InChI=1S/C8H17NO3S/c1-3-12-7-5-4-6-8(2)13(9,10)11/h5,7-8H,3-4,6H2,1-2H3,(H2,9,10,11)/t8-/m1/s1. The molecule has 0 saturated heterocycles. The minimum Gasteiger partial charge on any atom is -0.502 e. The Morgan fingerprint density at radius 2 is 2.15 bits per heavy atom. The highest BCUT2D eigenvalue weighted by Gasteiger charge is 2.13. The van der Waals surface area contributed by atoms with Gasteiger partial charge < -0.3 is 4.74 Å². The summed E-state index contributed by atoms with van der Waals surface area (Å²) >= 11 is 0. The van der Waals surface area contributed by atoms with Gasteiger partial charge in [0.05, 0.1) is 18.1 Å². The highest BCUT2D eigenvalue weighted by molar-refractivity contribution is 7.89. The average Bonchev–Trinajstić information content (AvgIpc) is 2.02. The summed E-state index contributed by atoms with van der Waals surface area (Å²) in [5.74, 6) is 0. The van der Waals surface area contributed by atoms with Crippen molar-refractivity contribution in [1.29, 1.82) is 0 Å². The molecule has 78 valence electrons. The molecule has 0 unspecified atom stereocenters. The Morgan fingerprint density at radius 3 is 2.62 bits per heavy atom. The van der Waals surface area contributed by atoms with Crippen LogP contribution in [0, 0.1) is 0 Å². The van der Waals surface area contributed by atoms with Gasteiger partial charge in [-0.3, -0.25) is 0 Å². The predicted octanol–water partition coefficient (Wildman–Crippen LogP) is 0.994. The van der Waals surface area contributed by atoms with Gasteiger partial charge in [0.1, 0.15) is 0 Å². The molecule has 0 radical (unpaired) electrons. The summed E-state index contributed by atoms with van der Waals surface area (Å²) in [5, 5.41) is 4.45. The molecule has 1 atom stereocenters. The molecule has 2 N–H and O–H groups in total. The number of hydrogen-bond acceptors (Lipinski definition) is 3. The smallest absolute Gasteiger partial charge is 0.211 e. The number of primary sulfonamides is 1. The summed E-state index contributed by atoms with van der Waals surface area (Å²) < 4.78 is 26.5. The Kier molecular flexibility index (Phi) is 5.73. The summed E-state index contributed by atoms with van der Waals surface area (Å²) in [5.41, 5.74) is 0. The van der Waals surface area contributed by atoms with Gasteiger partial charge in [-0.1, -0.05) is 0 Å². The van der Waals surface area contributed by atoms with Gasteiger partial charge in [0, 0.05) is 0 Å². The van der Waals surface area contributed by atoms with Gasteiger partial charge in [-0.15, -0.1) is 0 Å². The molecule has 13 heavy (non-hydrogen) atoms. The molecule has 0 bridgehead atoms. The molecule has 0 aliphatic carbocycles. The van der Waals surface area contributed by atoms with Crippen LogP contribution in [0.4, 0.5) is 0 Å². The largest absolute Gasteiger partial charge is 0.502 e. The lowest BCUT2D eigenvalue weighted by Gasteiger charge is -2.05. The number of ether oxygens (including phenoxy) is 1. The van der Waals surface area contributed by atoms with Crippen LogP contribution in [0.2, 0.25) is 0 Å². The van der Waals surface area contributed by atoms with Crippen molar-refractivity contribution >= 4 is 10.0 Å². The van der Waals surface area contributed by atoms with Crippen molar-refractivity contribution in [2.24, 2.45) is 5.14 Å². The van der Waals surface area contributed by atoms with Gasteiger partial charge in [-0.25, -0.2) is 13.6 Å². The third-order valence-electron chi connectivity index (χ3n) is 1.66. The molecule has 5 heteroatoms. The summed E-state index contributed by atoms with van der Waals surface area (Å²) in [4.78, 5) is 0. The Morgan fingerprint density at radius 1 is 1.54 bits per heavy atom. The van der Waals surface area contributed by atoms with Gasteiger partial charge in [0.2, 0.25) is 10.0 Å². The maximum absolute atomic E-state index is 10.8. The van der Waals surface area contributed by atoms with Gasteiger partial charge in [-0.2, -0.15) is 0 Å². The maximum atomic E-state index is 10.8. The first kappa shape index (κ1) is 12.4. The Balaban J connectivity index is 3.66. The van der Waals surface area contributed by atoms with Crippen LogP contribution in [0.25, 0.3) is 0 Å². The molecule has 0 aliphatic rings. The maximum Gasteiger partial charge on any atom is 0.211 e. The fourth-order valence-electron chi connectivity index (χ4n) is 0.728. The second kappa shape index (κ2) is 5.99. The molecule has 0 aromatic rings. The van der Waals surface area contributed by atoms with Gasteiger partial charge in [-0.05, 0) is 32.8 Å². The molecular weight excluding hydrogens is 190 g/mol. The third-order valence-corrected chi connectivity index (χ3v) is 3.02. The number of allylic oxidation sites excluding steroid dienone is 1. The molecule has 0 aromatic carbocycles. The van der Waals surface area contributed by atoms with E-state index in [0.29, 0.717) is 19.4 Å². The van der Waals surface area contributed by atoms with E-state index in [1.807, 2.05) is 6.92 Å². The van der Waals surface area contributed by atoms with Crippen molar-refractivity contribution < 1.29 is 13.2 Å². The van der Waals surface area contributed by atoms with Crippen LogP contribution < -0.4 is 5.14 Å². The van der Waals surface area contributed by atoms with E-state index in [1.165, 1.54) is 0 Å². The number of sulfonamides is 1. The lowest BCUT2D eigenvalue weighted by atomic mass is 10.2.